The number of aliphatic imine (C=N–C) groups is 1. The van der Waals surface area contributed by atoms with Gasteiger partial charge in [0, 0.05) is 13.2 Å². The molecule has 1 unspecified atom stereocenters. The van der Waals surface area contributed by atoms with Crippen LogP contribution < -0.4 is 0 Å². The van der Waals surface area contributed by atoms with Crippen molar-refractivity contribution < 1.29 is 28.9 Å². The van der Waals surface area contributed by atoms with Gasteiger partial charge in [0.15, 0.2) is 0 Å². The molecule has 0 spiro atoms. The van der Waals surface area contributed by atoms with E-state index >= 15 is 0 Å². The van der Waals surface area contributed by atoms with Crippen LogP contribution in [0.2, 0.25) is 0 Å². The van der Waals surface area contributed by atoms with Gasteiger partial charge in [0.1, 0.15) is 5.57 Å². The minimum absolute atomic E-state index is 0.421. The fourth-order valence-electron chi connectivity index (χ4n) is 1.18. The number of rotatable bonds is 7. The summed E-state index contributed by atoms with van der Waals surface area (Å²) in [6.07, 6.45) is 2.58. The zero-order valence-corrected chi connectivity index (χ0v) is 13.3. The molecule has 0 saturated heterocycles. The van der Waals surface area contributed by atoms with E-state index in [1.54, 1.807) is 0 Å². The Morgan fingerprint density at radius 2 is 1.76 bits per heavy atom. The minimum Gasteiger partial charge on any atom is -0.466 e. The third-order valence-electron chi connectivity index (χ3n) is 3.02. The first-order valence-electron chi connectivity index (χ1n) is 6.38. The van der Waals surface area contributed by atoms with E-state index in [1.807, 2.05) is 20.8 Å². The van der Waals surface area contributed by atoms with Gasteiger partial charge in [-0.2, -0.15) is 0 Å². The van der Waals surface area contributed by atoms with E-state index in [0.29, 0.717) is 6.42 Å². The van der Waals surface area contributed by atoms with E-state index in [4.69, 9.17) is 4.74 Å². The van der Waals surface area contributed by atoms with Crippen LogP contribution in [0, 0.1) is 0 Å². The lowest BCUT2D eigenvalue weighted by atomic mass is 10.0. The molecule has 0 aromatic heterocycles. The zero-order chi connectivity index (χ0) is 16.7. The van der Waals surface area contributed by atoms with Crippen LogP contribution in [-0.4, -0.2) is 55.9 Å². The second-order valence-corrected chi connectivity index (χ2v) is 4.90. The molecule has 1 atom stereocenters. The van der Waals surface area contributed by atoms with Crippen LogP contribution >= 0.6 is 0 Å². The number of methoxy groups -OCH3 is 3. The summed E-state index contributed by atoms with van der Waals surface area (Å²) in [5.41, 5.74) is -0.881. The summed E-state index contributed by atoms with van der Waals surface area (Å²) in [6.45, 7) is 5.62. The molecule has 0 saturated carbocycles. The lowest BCUT2D eigenvalue weighted by Crippen LogP contribution is -2.40. The van der Waals surface area contributed by atoms with E-state index in [1.165, 1.54) is 7.11 Å². The molecule has 1 N–H and O–H groups in total. The molecule has 7 heteroatoms. The summed E-state index contributed by atoms with van der Waals surface area (Å²) < 4.78 is 13.9. The van der Waals surface area contributed by atoms with Gasteiger partial charge in [0.2, 0.25) is 5.79 Å². The van der Waals surface area contributed by atoms with Crippen molar-refractivity contribution in [1.29, 1.82) is 0 Å². The Kier molecular flexibility index (Phi) is 7.25. The van der Waals surface area contributed by atoms with Gasteiger partial charge in [-0.15, -0.1) is 0 Å². The normalized spacial score (nSPS) is 15.7. The van der Waals surface area contributed by atoms with Gasteiger partial charge in [-0.05, 0) is 20.3 Å². The first kappa shape index (κ1) is 19.3. The maximum Gasteiger partial charge on any atom is 0.339 e. The Morgan fingerprint density at radius 3 is 2.14 bits per heavy atom. The molecule has 0 aliphatic rings. The third-order valence-corrected chi connectivity index (χ3v) is 3.02. The molecule has 0 fully saturated rings. The summed E-state index contributed by atoms with van der Waals surface area (Å²) in [7, 11) is 3.45. The van der Waals surface area contributed by atoms with Crippen LogP contribution in [0.15, 0.2) is 16.6 Å². The Bertz CT molecular complexity index is 441. The van der Waals surface area contributed by atoms with Gasteiger partial charge in [-0.3, -0.25) is 4.99 Å². The summed E-state index contributed by atoms with van der Waals surface area (Å²) in [4.78, 5) is 27.3. The number of carbonyl (C=O) groups excluding carboxylic acids is 2. The number of nitrogens with zero attached hydrogens (tertiary/aromatic N) is 1. The van der Waals surface area contributed by atoms with Crippen molar-refractivity contribution in [3.63, 3.8) is 0 Å². The van der Waals surface area contributed by atoms with Crippen LogP contribution in [-0.2, 0) is 23.8 Å². The number of esters is 2. The molecule has 120 valence electrons. The highest BCUT2D eigenvalue weighted by Gasteiger charge is 2.37. The summed E-state index contributed by atoms with van der Waals surface area (Å²) in [5, 5.41) is 10.4. The standard InChI is InChI=1S/C14H23NO6/c1-7-13(2,3)15-9-14(18,21-6)10(12(17)20-5)8-11(16)19-4/h8-9,18H,7H2,1-6H3/b10-8+,15-9?. The predicted octanol–water partition coefficient (Wildman–Crippen LogP) is 0.853. The lowest BCUT2D eigenvalue weighted by molar-refractivity contribution is -0.148. The van der Waals surface area contributed by atoms with Crippen molar-refractivity contribution in [1.82, 2.24) is 0 Å². The number of aliphatic hydroxyl groups is 1. The van der Waals surface area contributed by atoms with Gasteiger partial charge >= 0.3 is 11.9 Å². The fourth-order valence-corrected chi connectivity index (χ4v) is 1.18. The molecular formula is C14H23NO6. The quantitative estimate of drug-likeness (QED) is 0.324. The summed E-state index contributed by atoms with van der Waals surface area (Å²) >= 11 is 0. The van der Waals surface area contributed by atoms with Crippen molar-refractivity contribution in [2.45, 2.75) is 38.5 Å². The number of hydrogen-bond donors (Lipinski definition) is 1. The molecule has 0 aromatic carbocycles. The van der Waals surface area contributed by atoms with Gasteiger partial charge < -0.3 is 19.3 Å². The van der Waals surface area contributed by atoms with Crippen LogP contribution in [0.3, 0.4) is 0 Å². The van der Waals surface area contributed by atoms with Crippen LogP contribution in [0.1, 0.15) is 27.2 Å². The third kappa shape index (κ3) is 5.65. The van der Waals surface area contributed by atoms with Gasteiger partial charge in [-0.1, -0.05) is 6.92 Å². The van der Waals surface area contributed by atoms with E-state index in [9.17, 15) is 14.7 Å². The Morgan fingerprint density at radius 1 is 1.19 bits per heavy atom. The second-order valence-electron chi connectivity index (χ2n) is 4.90. The van der Waals surface area contributed by atoms with Crippen molar-refractivity contribution in [2.24, 2.45) is 4.99 Å². The van der Waals surface area contributed by atoms with Crippen molar-refractivity contribution >= 4 is 18.2 Å². The van der Waals surface area contributed by atoms with Crippen LogP contribution in [0.4, 0.5) is 0 Å². The predicted molar refractivity (Wildman–Crippen MR) is 76.9 cm³/mol. The number of carbonyl (C=O) groups is 2. The van der Waals surface area contributed by atoms with E-state index in [2.05, 4.69) is 14.5 Å². The molecule has 0 amide bonds. The average molecular weight is 301 g/mol. The van der Waals surface area contributed by atoms with E-state index < -0.39 is 28.8 Å². The first-order valence-corrected chi connectivity index (χ1v) is 6.38. The molecule has 0 heterocycles. The highest BCUT2D eigenvalue weighted by atomic mass is 16.6. The maximum atomic E-state index is 11.8. The van der Waals surface area contributed by atoms with Crippen molar-refractivity contribution in [2.75, 3.05) is 21.3 Å². The molecule has 0 bridgehead atoms. The highest BCUT2D eigenvalue weighted by Crippen LogP contribution is 2.21. The van der Waals surface area contributed by atoms with Crippen molar-refractivity contribution in [3.8, 4) is 0 Å². The molecule has 0 radical (unpaired) electrons. The van der Waals surface area contributed by atoms with Crippen molar-refractivity contribution in [3.05, 3.63) is 11.6 Å². The fraction of sp³-hybridized carbons (Fsp3) is 0.643. The largest absolute Gasteiger partial charge is 0.466 e. The molecule has 0 rings (SSSR count). The van der Waals surface area contributed by atoms with Gasteiger partial charge in [0.05, 0.1) is 26.0 Å². The average Bonchev–Trinajstić information content (AvgIpc) is 2.49. The molecule has 0 aromatic rings. The van der Waals surface area contributed by atoms with Gasteiger partial charge in [-0.25, -0.2) is 9.59 Å². The summed E-state index contributed by atoms with van der Waals surface area (Å²) in [5.74, 6) is -3.94. The molecule has 0 aliphatic carbocycles. The summed E-state index contributed by atoms with van der Waals surface area (Å²) in [6, 6.07) is 0. The lowest BCUT2D eigenvalue weighted by Gasteiger charge is -2.25. The van der Waals surface area contributed by atoms with Crippen LogP contribution in [0.5, 0.6) is 0 Å². The Hall–Kier alpha value is -1.73. The second kappa shape index (κ2) is 7.90. The SMILES string of the molecule is CCC(C)(C)N=CC(O)(OC)/C(=C/C(=O)OC)C(=O)OC. The monoisotopic (exact) mass is 301 g/mol. The first-order chi connectivity index (χ1) is 9.65. The van der Waals surface area contributed by atoms with E-state index in [0.717, 1.165) is 26.5 Å². The smallest absolute Gasteiger partial charge is 0.339 e. The Labute approximate surface area is 124 Å². The highest BCUT2D eigenvalue weighted by molar-refractivity contribution is 6.01. The topological polar surface area (TPSA) is 94.4 Å². The number of hydrogen-bond acceptors (Lipinski definition) is 7. The van der Waals surface area contributed by atoms with E-state index in [-0.39, 0.29) is 0 Å². The molecule has 7 nitrogen and oxygen atoms in total. The maximum absolute atomic E-state index is 11.8. The molecule has 0 aliphatic heterocycles. The molecule has 21 heavy (non-hydrogen) atoms. The Balaban J connectivity index is 5.74. The number of ether oxygens (including phenoxy) is 3. The van der Waals surface area contributed by atoms with Gasteiger partial charge in [0.25, 0.3) is 0 Å². The minimum atomic E-state index is -2.19. The molecular weight excluding hydrogens is 278 g/mol. The van der Waals surface area contributed by atoms with Crippen LogP contribution in [0.25, 0.3) is 0 Å². The zero-order valence-electron chi connectivity index (χ0n) is 13.3.